The summed E-state index contributed by atoms with van der Waals surface area (Å²) < 4.78 is 11.3. The molecule has 18 heavy (non-hydrogen) atoms. The molecule has 0 saturated heterocycles. The lowest BCUT2D eigenvalue weighted by Crippen LogP contribution is -2.19. The molecule has 0 radical (unpaired) electrons. The molecule has 0 N–H and O–H groups in total. The molecule has 1 aromatic rings. The van der Waals surface area contributed by atoms with E-state index < -0.39 is 0 Å². The molecule has 0 aliphatic carbocycles. The molecule has 2 heteroatoms. The van der Waals surface area contributed by atoms with Gasteiger partial charge in [0.25, 0.3) is 0 Å². The van der Waals surface area contributed by atoms with E-state index in [1.54, 1.807) is 0 Å². The highest BCUT2D eigenvalue weighted by molar-refractivity contribution is 5.29. The Morgan fingerprint density at radius 3 is 2.11 bits per heavy atom. The maximum absolute atomic E-state index is 5.71. The maximum atomic E-state index is 5.71. The van der Waals surface area contributed by atoms with E-state index in [4.69, 9.17) is 9.47 Å². The maximum Gasteiger partial charge on any atom is 0.196 e. The fourth-order valence-electron chi connectivity index (χ4n) is 1.66. The molecule has 102 valence electrons. The van der Waals surface area contributed by atoms with Crippen LogP contribution in [0.3, 0.4) is 0 Å². The fraction of sp³-hybridized carbons (Fsp3) is 0.625. The van der Waals surface area contributed by atoms with Gasteiger partial charge in [0.05, 0.1) is 6.61 Å². The van der Waals surface area contributed by atoms with Crippen LogP contribution in [0.5, 0.6) is 5.75 Å². The minimum absolute atomic E-state index is 0.193. The first-order valence-electron chi connectivity index (χ1n) is 6.91. The largest absolute Gasteiger partial charge is 0.465 e. The van der Waals surface area contributed by atoms with Crippen LogP contribution in [0.2, 0.25) is 0 Å². The quantitative estimate of drug-likeness (QED) is 0.658. The van der Waals surface area contributed by atoms with Crippen molar-refractivity contribution in [2.45, 2.75) is 53.2 Å². The van der Waals surface area contributed by atoms with Crippen molar-refractivity contribution < 1.29 is 9.47 Å². The lowest BCUT2D eigenvalue weighted by Gasteiger charge is -2.17. The van der Waals surface area contributed by atoms with Gasteiger partial charge >= 0.3 is 0 Å². The normalized spacial score (nSPS) is 14.6. The molecule has 0 aliphatic rings. The molecule has 0 aromatic heterocycles. The number of hydrogen-bond acceptors (Lipinski definition) is 2. The number of hydrogen-bond donors (Lipinski definition) is 0. The summed E-state index contributed by atoms with van der Waals surface area (Å²) in [7, 11) is 0. The molecule has 2 atom stereocenters. The van der Waals surface area contributed by atoms with Crippen LogP contribution in [0.15, 0.2) is 24.3 Å². The van der Waals surface area contributed by atoms with Crippen LogP contribution in [-0.4, -0.2) is 12.9 Å². The number of rotatable bonds is 7. The third-order valence-electron chi connectivity index (χ3n) is 3.03. The Morgan fingerprint density at radius 1 is 1.00 bits per heavy atom. The summed E-state index contributed by atoms with van der Waals surface area (Å²) in [6.07, 6.45) is 0.968. The minimum atomic E-state index is -0.193. The van der Waals surface area contributed by atoms with E-state index in [1.807, 2.05) is 19.1 Å². The topological polar surface area (TPSA) is 18.5 Å². The van der Waals surface area contributed by atoms with Crippen molar-refractivity contribution in [1.82, 2.24) is 0 Å². The highest BCUT2D eigenvalue weighted by Crippen LogP contribution is 2.22. The number of benzene rings is 1. The second-order valence-electron chi connectivity index (χ2n) is 5.29. The van der Waals surface area contributed by atoms with E-state index in [0.717, 1.165) is 18.8 Å². The predicted molar refractivity (Wildman–Crippen MR) is 76.0 cm³/mol. The summed E-state index contributed by atoms with van der Waals surface area (Å²) in [6.45, 7) is 11.4. The Kier molecular flexibility index (Phi) is 6.20. The molecule has 2 nitrogen and oxygen atoms in total. The van der Waals surface area contributed by atoms with Gasteiger partial charge in [-0.05, 0) is 42.9 Å². The van der Waals surface area contributed by atoms with Crippen LogP contribution in [0.25, 0.3) is 0 Å². The lowest BCUT2D eigenvalue weighted by atomic mass is 9.99. The average Bonchev–Trinajstić information content (AvgIpc) is 2.36. The first kappa shape index (κ1) is 15.0. The van der Waals surface area contributed by atoms with Crippen LogP contribution >= 0.6 is 0 Å². The van der Waals surface area contributed by atoms with E-state index in [-0.39, 0.29) is 6.29 Å². The first-order chi connectivity index (χ1) is 8.52. The molecule has 2 unspecified atom stereocenters. The van der Waals surface area contributed by atoms with E-state index in [1.165, 1.54) is 5.56 Å². The van der Waals surface area contributed by atoms with Crippen molar-refractivity contribution in [2.75, 3.05) is 6.61 Å². The average molecular weight is 250 g/mol. The number of ether oxygens (including phenoxy) is 2. The van der Waals surface area contributed by atoms with E-state index in [2.05, 4.69) is 39.8 Å². The molecule has 1 rings (SSSR count). The van der Waals surface area contributed by atoms with Crippen molar-refractivity contribution in [3.8, 4) is 5.75 Å². The monoisotopic (exact) mass is 250 g/mol. The molecule has 0 aliphatic heterocycles. The van der Waals surface area contributed by atoms with Crippen LogP contribution in [0.1, 0.15) is 52.5 Å². The van der Waals surface area contributed by atoms with Crippen molar-refractivity contribution >= 4 is 0 Å². The molecule has 0 bridgehead atoms. The van der Waals surface area contributed by atoms with Gasteiger partial charge in [0, 0.05) is 0 Å². The Labute approximate surface area is 111 Å². The van der Waals surface area contributed by atoms with Crippen molar-refractivity contribution in [3.63, 3.8) is 0 Å². The van der Waals surface area contributed by atoms with Crippen LogP contribution in [0.4, 0.5) is 0 Å². The smallest absolute Gasteiger partial charge is 0.196 e. The van der Waals surface area contributed by atoms with Crippen molar-refractivity contribution in [2.24, 2.45) is 5.92 Å². The zero-order valence-corrected chi connectivity index (χ0v) is 12.3. The Morgan fingerprint density at radius 2 is 1.61 bits per heavy atom. The summed E-state index contributed by atoms with van der Waals surface area (Å²) in [5.41, 5.74) is 1.36. The second-order valence-corrected chi connectivity index (χ2v) is 5.29. The molecule has 0 amide bonds. The Hall–Kier alpha value is -1.02. The summed E-state index contributed by atoms with van der Waals surface area (Å²) in [5.74, 6) is 2.01. The van der Waals surface area contributed by atoms with Crippen LogP contribution in [0, 0.1) is 5.92 Å². The molecule has 0 heterocycles. The van der Waals surface area contributed by atoms with Gasteiger partial charge in [-0.3, -0.25) is 0 Å². The SMILES string of the molecule is CCC(C)c1ccc(OC(C)OCC(C)C)cc1. The van der Waals surface area contributed by atoms with Crippen LogP contribution < -0.4 is 4.74 Å². The second kappa shape index (κ2) is 7.42. The van der Waals surface area contributed by atoms with Gasteiger partial charge in [-0.2, -0.15) is 0 Å². The van der Waals surface area contributed by atoms with Gasteiger partial charge in [0.2, 0.25) is 0 Å². The zero-order chi connectivity index (χ0) is 13.5. The van der Waals surface area contributed by atoms with Gasteiger partial charge in [-0.1, -0.05) is 39.8 Å². The molecule has 0 spiro atoms. The van der Waals surface area contributed by atoms with E-state index in [0.29, 0.717) is 11.8 Å². The molecule has 0 fully saturated rings. The zero-order valence-electron chi connectivity index (χ0n) is 12.3. The summed E-state index contributed by atoms with van der Waals surface area (Å²) in [4.78, 5) is 0. The van der Waals surface area contributed by atoms with Gasteiger partial charge in [-0.25, -0.2) is 0 Å². The van der Waals surface area contributed by atoms with Gasteiger partial charge < -0.3 is 9.47 Å². The predicted octanol–water partition coefficient (Wildman–Crippen LogP) is 4.60. The van der Waals surface area contributed by atoms with Crippen LogP contribution in [-0.2, 0) is 4.74 Å². The molecular formula is C16H26O2. The van der Waals surface area contributed by atoms with Gasteiger partial charge in [-0.15, -0.1) is 0 Å². The van der Waals surface area contributed by atoms with Gasteiger partial charge in [0.1, 0.15) is 5.75 Å². The van der Waals surface area contributed by atoms with Gasteiger partial charge in [0.15, 0.2) is 6.29 Å². The third kappa shape index (κ3) is 5.09. The van der Waals surface area contributed by atoms with Crippen molar-refractivity contribution in [1.29, 1.82) is 0 Å². The Bertz CT molecular complexity index is 329. The lowest BCUT2D eigenvalue weighted by molar-refractivity contribution is -0.0755. The minimum Gasteiger partial charge on any atom is -0.465 e. The van der Waals surface area contributed by atoms with E-state index in [9.17, 15) is 0 Å². The summed E-state index contributed by atoms with van der Waals surface area (Å²) >= 11 is 0. The summed E-state index contributed by atoms with van der Waals surface area (Å²) in [5, 5.41) is 0. The molecular weight excluding hydrogens is 224 g/mol. The highest BCUT2D eigenvalue weighted by Gasteiger charge is 2.07. The third-order valence-corrected chi connectivity index (χ3v) is 3.03. The molecule has 0 saturated carbocycles. The Balaban J connectivity index is 2.48. The summed E-state index contributed by atoms with van der Waals surface area (Å²) in [6, 6.07) is 8.32. The highest BCUT2D eigenvalue weighted by atomic mass is 16.7. The van der Waals surface area contributed by atoms with E-state index >= 15 is 0 Å². The standard InChI is InChI=1S/C16H26O2/c1-6-13(4)15-7-9-16(10-8-15)18-14(5)17-11-12(2)3/h7-10,12-14H,6,11H2,1-5H3. The fourth-order valence-corrected chi connectivity index (χ4v) is 1.66. The molecule has 1 aromatic carbocycles. The van der Waals surface area contributed by atoms with Crippen molar-refractivity contribution in [3.05, 3.63) is 29.8 Å². The first-order valence-corrected chi connectivity index (χ1v) is 6.91.